The molecule has 3 heteroatoms. The topological polar surface area (TPSA) is 26.0 Å². The van der Waals surface area contributed by atoms with E-state index in [1.165, 1.54) is 12.8 Å². The van der Waals surface area contributed by atoms with E-state index in [9.17, 15) is 0 Å². The normalized spacial score (nSPS) is 35.2. The predicted molar refractivity (Wildman–Crippen MR) is 41.8 cm³/mol. The second-order valence-corrected chi connectivity index (χ2v) is 2.80. The summed E-state index contributed by atoms with van der Waals surface area (Å²) >= 11 is 4.28. The quantitative estimate of drug-likeness (QED) is 0.542. The summed E-state index contributed by atoms with van der Waals surface area (Å²) in [6.45, 7) is 0.828. The number of hydrogen-bond acceptors (Lipinski definition) is 2. The van der Waals surface area contributed by atoms with Crippen LogP contribution in [-0.2, 0) is 0 Å². The second-order valence-electron chi connectivity index (χ2n) is 2.14. The lowest BCUT2D eigenvalue weighted by Gasteiger charge is -2.31. The minimum atomic E-state index is 0. The average molecular weight is 154 g/mol. The minimum absolute atomic E-state index is 0. The van der Waals surface area contributed by atoms with E-state index in [1.54, 1.807) is 0 Å². The molecule has 0 amide bonds. The number of thiol groups is 1. The van der Waals surface area contributed by atoms with Gasteiger partial charge in [-0.05, 0) is 25.3 Å². The molecule has 1 rings (SSSR count). The van der Waals surface area contributed by atoms with E-state index in [0.29, 0.717) is 5.25 Å². The van der Waals surface area contributed by atoms with E-state index in [0.717, 1.165) is 12.5 Å². The lowest BCUT2D eigenvalue weighted by atomic mass is 9.85. The standard InChI is InChI=1S/C5H11NS.ClH/c6-3-4-1-2-5(4)7;/h4-5,7H,1-3,6H2;1H/t4-,5+;/m0./s1. The van der Waals surface area contributed by atoms with Gasteiger partial charge in [0, 0.05) is 5.25 Å². The summed E-state index contributed by atoms with van der Waals surface area (Å²) in [4.78, 5) is 0. The zero-order valence-electron chi connectivity index (χ0n) is 4.71. The number of hydrogen-bond donors (Lipinski definition) is 2. The van der Waals surface area contributed by atoms with Crippen molar-refractivity contribution in [3.05, 3.63) is 0 Å². The summed E-state index contributed by atoms with van der Waals surface area (Å²) < 4.78 is 0. The molecule has 0 spiro atoms. The second kappa shape index (κ2) is 3.59. The van der Waals surface area contributed by atoms with E-state index in [1.807, 2.05) is 0 Å². The van der Waals surface area contributed by atoms with Crippen molar-refractivity contribution in [1.82, 2.24) is 0 Å². The molecule has 0 bridgehead atoms. The smallest absolute Gasteiger partial charge is 0.00572 e. The molecule has 0 radical (unpaired) electrons. The first-order valence-electron chi connectivity index (χ1n) is 2.72. The summed E-state index contributed by atoms with van der Waals surface area (Å²) in [7, 11) is 0. The Morgan fingerprint density at radius 2 is 2.12 bits per heavy atom. The molecule has 1 fully saturated rings. The van der Waals surface area contributed by atoms with Crippen molar-refractivity contribution >= 4 is 25.0 Å². The van der Waals surface area contributed by atoms with Gasteiger partial charge in [0.1, 0.15) is 0 Å². The highest BCUT2D eigenvalue weighted by Gasteiger charge is 2.25. The Morgan fingerprint density at radius 3 is 2.12 bits per heavy atom. The van der Waals surface area contributed by atoms with Crippen molar-refractivity contribution < 1.29 is 0 Å². The maximum Gasteiger partial charge on any atom is 0.00572 e. The molecule has 1 aliphatic rings. The lowest BCUT2D eigenvalue weighted by Crippen LogP contribution is -2.32. The maximum atomic E-state index is 5.38. The van der Waals surface area contributed by atoms with Gasteiger partial charge in [0.05, 0.1) is 0 Å². The zero-order valence-corrected chi connectivity index (χ0v) is 6.42. The number of nitrogens with two attached hydrogens (primary N) is 1. The van der Waals surface area contributed by atoms with E-state index < -0.39 is 0 Å². The van der Waals surface area contributed by atoms with Crippen molar-refractivity contribution in [2.45, 2.75) is 18.1 Å². The molecule has 0 aromatic heterocycles. The fourth-order valence-corrected chi connectivity index (χ4v) is 1.25. The van der Waals surface area contributed by atoms with E-state index in [4.69, 9.17) is 5.73 Å². The molecule has 0 saturated heterocycles. The Bertz CT molecular complexity index is 67.4. The molecule has 1 nitrogen and oxygen atoms in total. The lowest BCUT2D eigenvalue weighted by molar-refractivity contribution is 0.343. The SMILES string of the molecule is Cl.NC[C@@H]1CC[C@H]1S. The van der Waals surface area contributed by atoms with Crippen LogP contribution in [0.5, 0.6) is 0 Å². The summed E-state index contributed by atoms with van der Waals surface area (Å²) in [6, 6.07) is 0. The van der Waals surface area contributed by atoms with Crippen molar-refractivity contribution in [1.29, 1.82) is 0 Å². The first-order valence-corrected chi connectivity index (χ1v) is 3.24. The molecule has 0 aliphatic heterocycles. The Labute approximate surface area is 61.8 Å². The van der Waals surface area contributed by atoms with Crippen LogP contribution in [0.3, 0.4) is 0 Å². The van der Waals surface area contributed by atoms with Crippen LogP contribution in [0.1, 0.15) is 12.8 Å². The highest BCUT2D eigenvalue weighted by molar-refractivity contribution is 7.81. The van der Waals surface area contributed by atoms with Crippen LogP contribution >= 0.6 is 25.0 Å². The first-order chi connectivity index (χ1) is 3.34. The van der Waals surface area contributed by atoms with Gasteiger partial charge in [-0.1, -0.05) is 0 Å². The van der Waals surface area contributed by atoms with Gasteiger partial charge in [0.15, 0.2) is 0 Å². The largest absolute Gasteiger partial charge is 0.330 e. The third-order valence-electron chi connectivity index (χ3n) is 1.68. The van der Waals surface area contributed by atoms with Gasteiger partial charge in [0.25, 0.3) is 0 Å². The molecule has 0 aromatic rings. The molecule has 0 heterocycles. The highest BCUT2D eigenvalue weighted by atomic mass is 35.5. The molecule has 1 aliphatic carbocycles. The van der Waals surface area contributed by atoms with Crippen molar-refractivity contribution in [2.75, 3.05) is 6.54 Å². The van der Waals surface area contributed by atoms with Gasteiger partial charge >= 0.3 is 0 Å². The fraction of sp³-hybridized carbons (Fsp3) is 1.00. The molecule has 0 unspecified atom stereocenters. The molecule has 50 valence electrons. The first kappa shape index (κ1) is 8.60. The maximum absolute atomic E-state index is 5.38. The molecular weight excluding hydrogens is 142 g/mol. The third-order valence-corrected chi connectivity index (χ3v) is 2.36. The van der Waals surface area contributed by atoms with Gasteiger partial charge in [0.2, 0.25) is 0 Å². The summed E-state index contributed by atoms with van der Waals surface area (Å²) in [5.41, 5.74) is 5.38. The Hall–Kier alpha value is 0.600. The summed E-state index contributed by atoms with van der Waals surface area (Å²) in [6.07, 6.45) is 2.57. The van der Waals surface area contributed by atoms with Crippen LogP contribution in [0.15, 0.2) is 0 Å². The van der Waals surface area contributed by atoms with Gasteiger partial charge < -0.3 is 5.73 Å². The molecule has 0 aromatic carbocycles. The van der Waals surface area contributed by atoms with Gasteiger partial charge in [-0.25, -0.2) is 0 Å². The number of rotatable bonds is 1. The fourth-order valence-electron chi connectivity index (χ4n) is 0.826. The van der Waals surface area contributed by atoms with Crippen LogP contribution in [0.2, 0.25) is 0 Å². The molecular formula is C5H12ClNS. The average Bonchev–Trinajstić information content (AvgIpc) is 1.65. The molecule has 2 N–H and O–H groups in total. The summed E-state index contributed by atoms with van der Waals surface area (Å²) in [5.74, 6) is 0.725. The van der Waals surface area contributed by atoms with Gasteiger partial charge in [-0.15, -0.1) is 12.4 Å². The predicted octanol–water partition coefficient (Wildman–Crippen LogP) is 1.08. The Morgan fingerprint density at radius 1 is 1.50 bits per heavy atom. The van der Waals surface area contributed by atoms with Crippen molar-refractivity contribution in [2.24, 2.45) is 11.7 Å². The number of halogens is 1. The van der Waals surface area contributed by atoms with Crippen LogP contribution in [0.25, 0.3) is 0 Å². The van der Waals surface area contributed by atoms with Crippen LogP contribution in [0, 0.1) is 5.92 Å². The van der Waals surface area contributed by atoms with Crippen molar-refractivity contribution in [3.8, 4) is 0 Å². The minimum Gasteiger partial charge on any atom is -0.330 e. The summed E-state index contributed by atoms with van der Waals surface area (Å²) in [5, 5.41) is 0.616. The zero-order chi connectivity index (χ0) is 5.28. The monoisotopic (exact) mass is 153 g/mol. The van der Waals surface area contributed by atoms with Gasteiger partial charge in [-0.3, -0.25) is 0 Å². The van der Waals surface area contributed by atoms with E-state index in [-0.39, 0.29) is 12.4 Å². The van der Waals surface area contributed by atoms with E-state index >= 15 is 0 Å². The van der Waals surface area contributed by atoms with Crippen LogP contribution in [-0.4, -0.2) is 11.8 Å². The highest BCUT2D eigenvalue weighted by Crippen LogP contribution is 2.30. The molecule has 2 atom stereocenters. The Kier molecular flexibility index (Phi) is 3.86. The van der Waals surface area contributed by atoms with E-state index in [2.05, 4.69) is 12.6 Å². The van der Waals surface area contributed by atoms with Gasteiger partial charge in [-0.2, -0.15) is 12.6 Å². The third kappa shape index (κ3) is 1.54. The van der Waals surface area contributed by atoms with Crippen molar-refractivity contribution in [3.63, 3.8) is 0 Å². The van der Waals surface area contributed by atoms with Crippen LogP contribution < -0.4 is 5.73 Å². The van der Waals surface area contributed by atoms with Crippen LogP contribution in [0.4, 0.5) is 0 Å². The Balaban J connectivity index is 0.000000490. The molecule has 8 heavy (non-hydrogen) atoms. The molecule has 1 saturated carbocycles.